The highest BCUT2D eigenvalue weighted by Gasteiger charge is 2.33. The van der Waals surface area contributed by atoms with Crippen LogP contribution in [0.1, 0.15) is 29.1 Å². The topological polar surface area (TPSA) is 65.5 Å². The first-order valence-electron chi connectivity index (χ1n) is 4.70. The van der Waals surface area contributed by atoms with E-state index >= 15 is 0 Å². The number of aromatic nitrogens is 1. The number of nitrogens with zero attached hydrogens (tertiary/aromatic N) is 1. The number of hydrogen-bond acceptors (Lipinski definition) is 5. The molecular formula is C11H9NO4. The van der Waals surface area contributed by atoms with Crippen molar-refractivity contribution in [2.24, 2.45) is 0 Å². The number of rotatable bonds is 2. The number of ether oxygens (including phenoxy) is 2. The van der Waals surface area contributed by atoms with E-state index in [1.807, 2.05) is 0 Å². The summed E-state index contributed by atoms with van der Waals surface area (Å²) in [6.07, 6.45) is 4.74. The molecule has 0 radical (unpaired) electrons. The maximum Gasteiger partial charge on any atom is 0.343 e. The lowest BCUT2D eigenvalue weighted by atomic mass is 10.2. The summed E-state index contributed by atoms with van der Waals surface area (Å²) >= 11 is 0. The molecule has 0 saturated carbocycles. The average molecular weight is 219 g/mol. The Morgan fingerprint density at radius 1 is 1.62 bits per heavy atom. The summed E-state index contributed by atoms with van der Waals surface area (Å²) in [5.74, 6) is -1.08. The van der Waals surface area contributed by atoms with Gasteiger partial charge >= 0.3 is 11.9 Å². The molecule has 0 N–H and O–H groups in total. The molecule has 0 amide bonds. The number of pyridine rings is 1. The lowest BCUT2D eigenvalue weighted by Crippen LogP contribution is -2.08. The van der Waals surface area contributed by atoms with Crippen LogP contribution >= 0.6 is 0 Å². The molecular weight excluding hydrogens is 210 g/mol. The van der Waals surface area contributed by atoms with Crippen molar-refractivity contribution in [1.82, 2.24) is 4.98 Å². The Balaban J connectivity index is 2.21. The van der Waals surface area contributed by atoms with E-state index in [1.54, 1.807) is 19.1 Å². The molecule has 0 saturated heterocycles. The van der Waals surface area contributed by atoms with E-state index in [-0.39, 0.29) is 0 Å². The smallest absolute Gasteiger partial charge is 0.343 e. The Bertz CT molecular complexity index is 467. The highest BCUT2D eigenvalue weighted by Crippen LogP contribution is 2.30. The van der Waals surface area contributed by atoms with Gasteiger partial charge in [0.05, 0.1) is 11.1 Å². The zero-order valence-corrected chi connectivity index (χ0v) is 8.54. The van der Waals surface area contributed by atoms with Gasteiger partial charge in [-0.3, -0.25) is 4.98 Å². The van der Waals surface area contributed by atoms with Crippen LogP contribution < -0.4 is 0 Å². The Morgan fingerprint density at radius 2 is 2.44 bits per heavy atom. The van der Waals surface area contributed by atoms with Gasteiger partial charge in [0, 0.05) is 18.5 Å². The van der Waals surface area contributed by atoms with Crippen LogP contribution in [0.4, 0.5) is 0 Å². The van der Waals surface area contributed by atoms with E-state index in [1.165, 1.54) is 18.5 Å². The third-order valence-electron chi connectivity index (χ3n) is 2.07. The van der Waals surface area contributed by atoms with Gasteiger partial charge in [-0.2, -0.15) is 0 Å². The maximum absolute atomic E-state index is 11.3. The van der Waals surface area contributed by atoms with Crippen LogP contribution in [0, 0.1) is 0 Å². The van der Waals surface area contributed by atoms with E-state index in [4.69, 9.17) is 9.47 Å². The number of fused-ring (bicyclic) bond motifs is 1. The molecule has 0 spiro atoms. The van der Waals surface area contributed by atoms with Crippen molar-refractivity contribution in [3.05, 3.63) is 41.7 Å². The molecule has 1 unspecified atom stereocenters. The Labute approximate surface area is 91.7 Å². The number of hydrogen-bond donors (Lipinski definition) is 0. The van der Waals surface area contributed by atoms with Crippen LogP contribution in [-0.2, 0) is 14.3 Å². The molecule has 1 aliphatic rings. The van der Waals surface area contributed by atoms with Crippen molar-refractivity contribution in [1.29, 1.82) is 0 Å². The fourth-order valence-corrected chi connectivity index (χ4v) is 1.37. The second kappa shape index (κ2) is 4.14. The van der Waals surface area contributed by atoms with E-state index < -0.39 is 18.2 Å². The molecule has 82 valence electrons. The zero-order valence-electron chi connectivity index (χ0n) is 8.54. The fraction of sp³-hybridized carbons (Fsp3) is 0.182. The van der Waals surface area contributed by atoms with Gasteiger partial charge < -0.3 is 9.47 Å². The molecule has 16 heavy (non-hydrogen) atoms. The van der Waals surface area contributed by atoms with E-state index in [0.29, 0.717) is 11.1 Å². The second-order valence-electron chi connectivity index (χ2n) is 3.14. The SMILES string of the molecule is C/C=C/C(=O)OC1OC(=O)c2cnccc21. The average Bonchev–Trinajstić information content (AvgIpc) is 2.57. The summed E-state index contributed by atoms with van der Waals surface area (Å²) in [4.78, 5) is 26.3. The first kappa shape index (κ1) is 10.4. The van der Waals surface area contributed by atoms with Gasteiger partial charge in [-0.25, -0.2) is 9.59 Å². The molecule has 0 aromatic carbocycles. The minimum atomic E-state index is -0.964. The minimum Gasteiger partial charge on any atom is -0.417 e. The fourth-order valence-electron chi connectivity index (χ4n) is 1.37. The molecule has 0 bridgehead atoms. The summed E-state index contributed by atoms with van der Waals surface area (Å²) in [5.41, 5.74) is 0.860. The Morgan fingerprint density at radius 3 is 3.19 bits per heavy atom. The van der Waals surface area contributed by atoms with Crippen LogP contribution in [0.2, 0.25) is 0 Å². The summed E-state index contributed by atoms with van der Waals surface area (Å²) < 4.78 is 9.84. The predicted molar refractivity (Wildman–Crippen MR) is 53.3 cm³/mol. The number of allylic oxidation sites excluding steroid dienone is 1. The molecule has 2 heterocycles. The van der Waals surface area contributed by atoms with Crippen molar-refractivity contribution in [2.45, 2.75) is 13.2 Å². The van der Waals surface area contributed by atoms with Gasteiger partial charge in [0.25, 0.3) is 6.29 Å². The summed E-state index contributed by atoms with van der Waals surface area (Å²) in [7, 11) is 0. The molecule has 0 fully saturated rings. The predicted octanol–water partition coefficient (Wildman–Crippen LogP) is 1.37. The Hall–Kier alpha value is -2.17. The van der Waals surface area contributed by atoms with Crippen molar-refractivity contribution in [3.63, 3.8) is 0 Å². The van der Waals surface area contributed by atoms with Crippen LogP contribution in [0.3, 0.4) is 0 Å². The molecule has 1 aromatic rings. The second-order valence-corrected chi connectivity index (χ2v) is 3.14. The normalized spacial score (nSPS) is 18.3. The molecule has 1 aromatic heterocycles. The largest absolute Gasteiger partial charge is 0.417 e. The third-order valence-corrected chi connectivity index (χ3v) is 2.07. The quantitative estimate of drug-likeness (QED) is 0.555. The van der Waals surface area contributed by atoms with Crippen molar-refractivity contribution in [2.75, 3.05) is 0 Å². The van der Waals surface area contributed by atoms with E-state index in [2.05, 4.69) is 4.98 Å². The number of cyclic esters (lactones) is 1. The monoisotopic (exact) mass is 219 g/mol. The number of carbonyl (C=O) groups is 2. The van der Waals surface area contributed by atoms with Crippen molar-refractivity contribution >= 4 is 11.9 Å². The van der Waals surface area contributed by atoms with Crippen LogP contribution in [0.5, 0.6) is 0 Å². The van der Waals surface area contributed by atoms with Gasteiger partial charge in [-0.1, -0.05) is 6.08 Å². The van der Waals surface area contributed by atoms with Crippen LogP contribution in [0.15, 0.2) is 30.6 Å². The standard InChI is InChI=1S/C11H9NO4/c1-2-3-9(13)15-11-7-4-5-12-6-8(7)10(14)16-11/h2-6,11H,1H3/b3-2+. The summed E-state index contributed by atoms with van der Waals surface area (Å²) in [6.45, 7) is 1.69. The molecule has 2 rings (SSSR count). The molecule has 5 heteroatoms. The number of carbonyl (C=O) groups excluding carboxylic acids is 2. The first-order valence-corrected chi connectivity index (χ1v) is 4.70. The van der Waals surface area contributed by atoms with Crippen molar-refractivity contribution in [3.8, 4) is 0 Å². The maximum atomic E-state index is 11.3. The van der Waals surface area contributed by atoms with Crippen LogP contribution in [0.25, 0.3) is 0 Å². The summed E-state index contributed by atoms with van der Waals surface area (Å²) in [6, 6.07) is 1.59. The first-order chi connectivity index (χ1) is 7.72. The van der Waals surface area contributed by atoms with Crippen molar-refractivity contribution < 1.29 is 19.1 Å². The molecule has 1 aliphatic heterocycles. The van der Waals surface area contributed by atoms with Gasteiger partial charge in [-0.15, -0.1) is 0 Å². The van der Waals surface area contributed by atoms with Gasteiger partial charge in [0.2, 0.25) is 0 Å². The van der Waals surface area contributed by atoms with E-state index in [9.17, 15) is 9.59 Å². The molecule has 5 nitrogen and oxygen atoms in total. The minimum absolute atomic E-state index is 0.334. The van der Waals surface area contributed by atoms with Crippen LogP contribution in [-0.4, -0.2) is 16.9 Å². The molecule has 0 aliphatic carbocycles. The van der Waals surface area contributed by atoms with Gasteiger partial charge in [0.15, 0.2) is 0 Å². The van der Waals surface area contributed by atoms with E-state index in [0.717, 1.165) is 0 Å². The molecule has 1 atom stereocenters. The van der Waals surface area contributed by atoms with Gasteiger partial charge in [-0.05, 0) is 13.0 Å². The Kier molecular flexibility index (Phi) is 2.68. The lowest BCUT2D eigenvalue weighted by molar-refractivity contribution is -0.161. The highest BCUT2D eigenvalue weighted by molar-refractivity contribution is 5.93. The zero-order chi connectivity index (χ0) is 11.5. The lowest BCUT2D eigenvalue weighted by Gasteiger charge is -2.09. The van der Waals surface area contributed by atoms with Gasteiger partial charge in [0.1, 0.15) is 0 Å². The highest BCUT2D eigenvalue weighted by atomic mass is 16.7. The summed E-state index contributed by atoms with van der Waals surface area (Å²) in [5, 5.41) is 0. The third kappa shape index (κ3) is 1.79. The number of esters is 2.